The zero-order valence-electron chi connectivity index (χ0n) is 9.15. The number of benzene rings is 1. The van der Waals surface area contributed by atoms with Gasteiger partial charge in [-0.25, -0.2) is 0 Å². The normalized spacial score (nSPS) is 15.9. The van der Waals surface area contributed by atoms with Crippen molar-refractivity contribution in [2.75, 3.05) is 0 Å². The number of thiophene rings is 1. The Kier molecular flexibility index (Phi) is 3.21. The summed E-state index contributed by atoms with van der Waals surface area (Å²) in [7, 11) is 0. The van der Waals surface area contributed by atoms with Gasteiger partial charge in [-0.3, -0.25) is 0 Å². The van der Waals surface area contributed by atoms with Crippen molar-refractivity contribution in [3.63, 3.8) is 0 Å². The third-order valence-electron chi connectivity index (χ3n) is 3.05. The molecule has 1 aliphatic heterocycles. The molecule has 0 aliphatic carbocycles. The van der Waals surface area contributed by atoms with Crippen molar-refractivity contribution in [2.24, 2.45) is 5.73 Å². The quantitative estimate of drug-likeness (QED) is 0.836. The molecule has 17 heavy (non-hydrogen) atoms. The van der Waals surface area contributed by atoms with Gasteiger partial charge in [-0.15, -0.1) is 11.3 Å². The smallest absolute Gasteiger partial charge is 0.0725 e. The molecule has 2 N–H and O–H groups in total. The predicted molar refractivity (Wildman–Crippen MR) is 78.0 cm³/mol. The molecule has 2 aromatic rings. The molecule has 88 valence electrons. The number of ether oxygens (including phenoxy) is 1. The first-order valence-corrected chi connectivity index (χ1v) is 7.39. The van der Waals surface area contributed by atoms with Gasteiger partial charge >= 0.3 is 0 Å². The second-order valence-corrected chi connectivity index (χ2v) is 6.99. The van der Waals surface area contributed by atoms with Gasteiger partial charge in [0.1, 0.15) is 0 Å². The van der Waals surface area contributed by atoms with Crippen molar-refractivity contribution >= 4 is 33.9 Å². The number of hydrogen-bond acceptors (Lipinski definition) is 3. The summed E-state index contributed by atoms with van der Waals surface area (Å²) in [4.78, 5) is 0. The Hall–Kier alpha value is -0.430. The van der Waals surface area contributed by atoms with Gasteiger partial charge in [0.05, 0.1) is 22.1 Å². The Balaban J connectivity index is 1.94. The molecule has 4 heteroatoms. The maximum absolute atomic E-state index is 6.29. The van der Waals surface area contributed by atoms with E-state index in [0.717, 1.165) is 13.2 Å². The minimum atomic E-state index is -0.0272. The zero-order valence-corrected chi connectivity index (χ0v) is 12.1. The molecule has 1 aliphatic rings. The molecule has 1 unspecified atom stereocenters. The van der Waals surface area contributed by atoms with Crippen molar-refractivity contribution in [3.05, 3.63) is 54.8 Å². The van der Waals surface area contributed by atoms with E-state index in [1.165, 1.54) is 25.1 Å². The lowest BCUT2D eigenvalue weighted by Crippen LogP contribution is -2.11. The van der Waals surface area contributed by atoms with E-state index in [9.17, 15) is 0 Å². The molecule has 0 spiro atoms. The van der Waals surface area contributed by atoms with Crippen LogP contribution in [-0.4, -0.2) is 0 Å². The van der Waals surface area contributed by atoms with Crippen LogP contribution in [0.3, 0.4) is 0 Å². The first kappa shape index (κ1) is 11.6. The first-order valence-electron chi connectivity index (χ1n) is 5.43. The largest absolute Gasteiger partial charge is 0.372 e. The number of halogens is 1. The van der Waals surface area contributed by atoms with Crippen LogP contribution in [0, 0.1) is 2.88 Å². The second kappa shape index (κ2) is 4.68. The number of fused-ring (bicyclic) bond motifs is 1. The highest BCUT2D eigenvalue weighted by Gasteiger charge is 2.15. The molecule has 0 saturated heterocycles. The van der Waals surface area contributed by atoms with E-state index in [4.69, 9.17) is 10.5 Å². The van der Waals surface area contributed by atoms with Gasteiger partial charge in [-0.2, -0.15) is 0 Å². The summed E-state index contributed by atoms with van der Waals surface area (Å²) in [6.07, 6.45) is 0. The SMILES string of the molecule is NC(c1csc(I)c1)c1ccc2c(c1)COC2. The van der Waals surface area contributed by atoms with Crippen LogP contribution in [0.4, 0.5) is 0 Å². The fourth-order valence-corrected chi connectivity index (χ4v) is 3.47. The molecule has 2 nitrogen and oxygen atoms in total. The summed E-state index contributed by atoms with van der Waals surface area (Å²) in [6, 6.07) is 8.55. The van der Waals surface area contributed by atoms with Crippen molar-refractivity contribution in [1.82, 2.24) is 0 Å². The Labute approximate surface area is 118 Å². The molecular weight excluding hydrogens is 345 g/mol. The summed E-state index contributed by atoms with van der Waals surface area (Å²) in [6.45, 7) is 1.46. The third kappa shape index (κ3) is 2.27. The average molecular weight is 357 g/mol. The summed E-state index contributed by atoms with van der Waals surface area (Å²) >= 11 is 4.06. The lowest BCUT2D eigenvalue weighted by molar-refractivity contribution is 0.134. The van der Waals surface area contributed by atoms with Crippen LogP contribution in [-0.2, 0) is 18.0 Å². The molecule has 3 rings (SSSR count). The van der Waals surface area contributed by atoms with E-state index < -0.39 is 0 Å². The van der Waals surface area contributed by atoms with Crippen LogP contribution in [0.5, 0.6) is 0 Å². The van der Waals surface area contributed by atoms with Crippen LogP contribution < -0.4 is 5.73 Å². The molecule has 0 bridgehead atoms. The molecule has 2 heterocycles. The van der Waals surface area contributed by atoms with Gasteiger partial charge in [0.2, 0.25) is 0 Å². The lowest BCUT2D eigenvalue weighted by Gasteiger charge is -2.11. The zero-order chi connectivity index (χ0) is 11.8. The molecule has 1 atom stereocenters. The highest BCUT2D eigenvalue weighted by atomic mass is 127. The van der Waals surface area contributed by atoms with Crippen LogP contribution in [0.2, 0.25) is 0 Å². The van der Waals surface area contributed by atoms with Crippen molar-refractivity contribution in [1.29, 1.82) is 0 Å². The molecule has 1 aromatic heterocycles. The molecule has 0 amide bonds. The monoisotopic (exact) mass is 357 g/mol. The van der Waals surface area contributed by atoms with Crippen molar-refractivity contribution < 1.29 is 4.74 Å². The van der Waals surface area contributed by atoms with E-state index >= 15 is 0 Å². The van der Waals surface area contributed by atoms with Crippen molar-refractivity contribution in [2.45, 2.75) is 19.3 Å². The first-order chi connectivity index (χ1) is 8.24. The fraction of sp³-hybridized carbons (Fsp3) is 0.231. The maximum Gasteiger partial charge on any atom is 0.0725 e. The second-order valence-electron chi connectivity index (χ2n) is 4.18. The molecular formula is C13H12INOS. The van der Waals surface area contributed by atoms with Gasteiger partial charge in [0.25, 0.3) is 0 Å². The van der Waals surface area contributed by atoms with E-state index in [0.29, 0.717) is 0 Å². The number of rotatable bonds is 2. The van der Waals surface area contributed by atoms with Gasteiger partial charge < -0.3 is 10.5 Å². The third-order valence-corrected chi connectivity index (χ3v) is 4.86. The molecule has 0 radical (unpaired) electrons. The average Bonchev–Trinajstić information content (AvgIpc) is 2.95. The highest BCUT2D eigenvalue weighted by molar-refractivity contribution is 14.1. The Bertz CT molecular complexity index is 552. The standard InChI is InChI=1S/C13H12INOS/c14-12-4-11(7-17-12)13(15)8-1-2-9-5-16-6-10(9)3-8/h1-4,7,13H,5-6,15H2. The minimum Gasteiger partial charge on any atom is -0.372 e. The predicted octanol–water partition coefficient (Wildman–Crippen LogP) is 3.43. The molecule has 0 fully saturated rings. The summed E-state index contributed by atoms with van der Waals surface area (Å²) in [5.74, 6) is 0. The van der Waals surface area contributed by atoms with Gasteiger partial charge in [-0.05, 0) is 56.3 Å². The van der Waals surface area contributed by atoms with Crippen LogP contribution in [0.1, 0.15) is 28.3 Å². The van der Waals surface area contributed by atoms with E-state index in [1.807, 2.05) is 0 Å². The summed E-state index contributed by atoms with van der Waals surface area (Å²) in [5.41, 5.74) is 11.2. The minimum absolute atomic E-state index is 0.0272. The van der Waals surface area contributed by atoms with Crippen LogP contribution >= 0.6 is 33.9 Å². The van der Waals surface area contributed by atoms with Gasteiger partial charge in [-0.1, -0.05) is 18.2 Å². The van der Waals surface area contributed by atoms with Gasteiger partial charge in [0.15, 0.2) is 0 Å². The number of hydrogen-bond donors (Lipinski definition) is 1. The maximum atomic E-state index is 6.29. The number of nitrogens with two attached hydrogens (primary N) is 1. The van der Waals surface area contributed by atoms with Crippen molar-refractivity contribution in [3.8, 4) is 0 Å². The molecule has 0 saturated carbocycles. The van der Waals surface area contributed by atoms with Crippen LogP contribution in [0.25, 0.3) is 0 Å². The fourth-order valence-electron chi connectivity index (χ4n) is 2.06. The highest BCUT2D eigenvalue weighted by Crippen LogP contribution is 2.28. The molecule has 1 aromatic carbocycles. The Morgan fingerprint density at radius 2 is 2.00 bits per heavy atom. The van der Waals surface area contributed by atoms with E-state index in [1.54, 1.807) is 11.3 Å². The Morgan fingerprint density at radius 3 is 2.76 bits per heavy atom. The lowest BCUT2D eigenvalue weighted by atomic mass is 9.98. The van der Waals surface area contributed by atoms with Crippen LogP contribution in [0.15, 0.2) is 29.6 Å². The topological polar surface area (TPSA) is 35.2 Å². The van der Waals surface area contributed by atoms with E-state index in [2.05, 4.69) is 52.2 Å². The van der Waals surface area contributed by atoms with E-state index in [-0.39, 0.29) is 6.04 Å². The van der Waals surface area contributed by atoms with Gasteiger partial charge in [0, 0.05) is 0 Å². The summed E-state index contributed by atoms with van der Waals surface area (Å²) in [5, 5.41) is 2.14. The summed E-state index contributed by atoms with van der Waals surface area (Å²) < 4.78 is 6.70. The Morgan fingerprint density at radius 1 is 1.18 bits per heavy atom.